The minimum Gasteiger partial charge on any atom is -0.481 e. The highest BCUT2D eigenvalue weighted by Gasteiger charge is 2.16. The molecule has 0 spiro atoms. The van der Waals surface area contributed by atoms with Crippen molar-refractivity contribution in [2.75, 3.05) is 39.3 Å². The molecule has 9 N–H and O–H groups in total. The Kier molecular flexibility index (Phi) is 42.1. The van der Waals surface area contributed by atoms with E-state index in [1.54, 1.807) is 6.07 Å². The Hall–Kier alpha value is -5.04. The maximum Gasteiger partial charge on any atom is 0.407 e. The first-order chi connectivity index (χ1) is 31.2. The van der Waals surface area contributed by atoms with E-state index in [0.29, 0.717) is 62.9 Å². The Morgan fingerprint density at radius 3 is 1.33 bits per heavy atom. The van der Waals surface area contributed by atoms with Crippen LogP contribution in [0.1, 0.15) is 178 Å². The molecule has 1 heterocycles. The monoisotopic (exact) mass is 940 g/mol. The number of aromatic nitrogens is 3. The van der Waals surface area contributed by atoms with Crippen molar-refractivity contribution in [3.63, 3.8) is 0 Å². The summed E-state index contributed by atoms with van der Waals surface area (Å²) in [5, 5.41) is 26.7. The van der Waals surface area contributed by atoms with Crippen LogP contribution in [0.4, 0.5) is 9.59 Å². The number of carboxylic acid groups (broad SMARTS) is 1. The van der Waals surface area contributed by atoms with Gasteiger partial charge in [-0.3, -0.25) is 14.4 Å². The van der Waals surface area contributed by atoms with Gasteiger partial charge in [-0.1, -0.05) is 57.5 Å². The molecule has 382 valence electrons. The van der Waals surface area contributed by atoms with Crippen molar-refractivity contribution in [3.8, 4) is 0 Å². The van der Waals surface area contributed by atoms with Crippen LogP contribution in [0.25, 0.3) is 11.0 Å². The first kappa shape index (κ1) is 65.2. The highest BCUT2D eigenvalue weighted by molar-refractivity contribution is 5.76. The number of alkyl carbamates (subject to hydrolysis) is 2. The molecule has 0 atom stereocenters. The summed E-state index contributed by atoms with van der Waals surface area (Å²) in [7, 11) is 0. The third-order valence-electron chi connectivity index (χ3n) is 7.98. The number of rotatable bonds is 25. The second kappa shape index (κ2) is 42.6. The highest BCUT2D eigenvalue weighted by atomic mass is 16.7. The Labute approximate surface area is 395 Å². The molecule has 0 aliphatic heterocycles. The van der Waals surface area contributed by atoms with Gasteiger partial charge in [-0.15, -0.1) is 5.10 Å². The van der Waals surface area contributed by atoms with Crippen LogP contribution in [0.2, 0.25) is 0 Å². The molecule has 1 aromatic heterocycles. The van der Waals surface area contributed by atoms with Crippen LogP contribution >= 0.6 is 0 Å². The number of carbonyl (C=O) groups excluding carboxylic acids is 5. The average molecular weight is 940 g/mol. The number of benzene rings is 1. The summed E-state index contributed by atoms with van der Waals surface area (Å²) < 4.78 is 10.2. The summed E-state index contributed by atoms with van der Waals surface area (Å²) in [5.41, 5.74) is 11.2. The van der Waals surface area contributed by atoms with Gasteiger partial charge >= 0.3 is 24.1 Å². The fraction of sp³-hybridized carbons (Fsp3) is 0.745. The lowest BCUT2D eigenvalue weighted by atomic mass is 10.2. The Morgan fingerprint density at radius 2 is 0.970 bits per heavy atom. The summed E-state index contributed by atoms with van der Waals surface area (Å²) >= 11 is 0. The number of unbranched alkanes of at least 4 members (excludes halogenated alkanes) is 6. The van der Waals surface area contributed by atoms with Crippen LogP contribution in [0.3, 0.4) is 0 Å². The molecule has 4 amide bonds. The van der Waals surface area contributed by atoms with Gasteiger partial charge < -0.3 is 52.2 Å². The maximum atomic E-state index is 11.3. The van der Waals surface area contributed by atoms with Gasteiger partial charge in [0.2, 0.25) is 11.8 Å². The standard InChI is InChI=1S/C14H28N2O3.C10H11N3O2.C10H22N2O2.C9H20N2O.C4H8O2/c1-5-9-12(17)15-10-7-6-8-11-16-13(18)19-14(2,3)4;1-2-5-10(14)15-13-9-7-4-3-6-8(9)11-12-13;1-10(2,3)14-9(13)12-8-6-4-5-7-11;1-2-6-9(12)11-8-5-3-4-7-10;1-2-3-4(5)6/h5-11H2,1-4H3,(H,15,17)(H,16,18);3-4,6-7H,2,5H2,1H3;4-8,11H2,1-3H3,(H,12,13);2-8,10H2,1H3,(H,11,12);2-3H2,1H3,(H,5,6). The van der Waals surface area contributed by atoms with Gasteiger partial charge in [0.1, 0.15) is 22.2 Å². The third kappa shape index (κ3) is 46.9. The number of para-hydroxylation sites is 1. The summed E-state index contributed by atoms with van der Waals surface area (Å²) in [5.74, 6) is -0.717. The lowest BCUT2D eigenvalue weighted by Gasteiger charge is -2.19. The number of hydrogen-bond acceptors (Lipinski definition) is 13. The molecule has 0 saturated carbocycles. The molecule has 0 bridgehead atoms. The van der Waals surface area contributed by atoms with Crippen LogP contribution in [0, 0.1) is 0 Å². The predicted molar refractivity (Wildman–Crippen MR) is 261 cm³/mol. The summed E-state index contributed by atoms with van der Waals surface area (Å²) in [4.78, 5) is 71.6. The molecule has 0 radical (unpaired) electrons. The predicted octanol–water partition coefficient (Wildman–Crippen LogP) is 7.33. The highest BCUT2D eigenvalue weighted by Crippen LogP contribution is 2.09. The number of nitrogens with one attached hydrogen (secondary N) is 4. The number of carbonyl (C=O) groups is 6. The van der Waals surface area contributed by atoms with E-state index in [1.165, 1.54) is 0 Å². The number of ether oxygens (including phenoxy) is 2. The SMILES string of the molecule is CC(C)(C)OC(=O)NCCCCCN.CCCC(=O)NCCCCCN.CCCC(=O)NCCCCCNC(=O)OC(C)(C)C.CCCC(=O)O.CCCC(=O)On1nnc2ccccc21. The molecule has 0 aliphatic rings. The fourth-order valence-electron chi connectivity index (χ4n) is 4.89. The molecule has 19 heteroatoms. The van der Waals surface area contributed by atoms with E-state index in [-0.39, 0.29) is 30.0 Å². The summed E-state index contributed by atoms with van der Waals surface area (Å²) in [6.45, 7) is 23.1. The first-order valence-electron chi connectivity index (χ1n) is 23.8. The van der Waals surface area contributed by atoms with Crippen molar-refractivity contribution in [3.05, 3.63) is 24.3 Å². The molecule has 2 aromatic rings. The van der Waals surface area contributed by atoms with Gasteiger partial charge in [0.05, 0.1) is 0 Å². The Balaban J connectivity index is -0.000000777. The number of aliphatic carboxylic acids is 1. The molecule has 0 unspecified atom stereocenters. The Morgan fingerprint density at radius 1 is 0.576 bits per heavy atom. The first-order valence-corrected chi connectivity index (χ1v) is 23.8. The second-order valence-corrected chi connectivity index (χ2v) is 17.1. The van der Waals surface area contributed by atoms with Crippen molar-refractivity contribution in [1.82, 2.24) is 36.4 Å². The number of amides is 4. The van der Waals surface area contributed by atoms with E-state index < -0.39 is 17.2 Å². The van der Waals surface area contributed by atoms with E-state index >= 15 is 0 Å². The van der Waals surface area contributed by atoms with Gasteiger partial charge in [-0.25, -0.2) is 14.4 Å². The summed E-state index contributed by atoms with van der Waals surface area (Å²) in [6, 6.07) is 7.31. The van der Waals surface area contributed by atoms with Crippen LogP contribution in [-0.4, -0.2) is 107 Å². The number of nitrogens with zero attached hydrogens (tertiary/aromatic N) is 3. The molecule has 0 fully saturated rings. The van der Waals surface area contributed by atoms with Crippen LogP contribution < -0.4 is 37.6 Å². The molecule has 0 saturated heterocycles. The number of hydrogen-bond donors (Lipinski definition) is 7. The van der Waals surface area contributed by atoms with E-state index in [2.05, 4.69) is 31.6 Å². The fourth-order valence-corrected chi connectivity index (χ4v) is 4.89. The second-order valence-electron chi connectivity index (χ2n) is 17.1. The number of nitrogens with two attached hydrogens (primary N) is 2. The van der Waals surface area contributed by atoms with Gasteiger partial charge in [0.25, 0.3) is 0 Å². The van der Waals surface area contributed by atoms with E-state index in [1.807, 2.05) is 87.4 Å². The minimum absolute atomic E-state index is 0.120. The maximum absolute atomic E-state index is 11.3. The van der Waals surface area contributed by atoms with Crippen molar-refractivity contribution in [2.45, 2.75) is 190 Å². The van der Waals surface area contributed by atoms with E-state index in [4.69, 9.17) is 30.9 Å². The zero-order valence-corrected chi connectivity index (χ0v) is 42.2. The zero-order valence-electron chi connectivity index (χ0n) is 42.2. The third-order valence-corrected chi connectivity index (χ3v) is 7.98. The largest absolute Gasteiger partial charge is 0.481 e. The number of fused-ring (bicyclic) bond motifs is 1. The molecular formula is C47H89N9O10. The van der Waals surface area contributed by atoms with Crippen molar-refractivity contribution >= 4 is 47.0 Å². The van der Waals surface area contributed by atoms with Crippen molar-refractivity contribution in [1.29, 1.82) is 0 Å². The smallest absolute Gasteiger partial charge is 0.407 e. The van der Waals surface area contributed by atoms with Gasteiger partial charge in [-0.05, 0) is 143 Å². The quantitative estimate of drug-likeness (QED) is 0.0379. The topological polar surface area (TPSA) is 281 Å². The van der Waals surface area contributed by atoms with Gasteiger partial charge in [0, 0.05) is 51.9 Å². The lowest BCUT2D eigenvalue weighted by Crippen LogP contribution is -2.33. The van der Waals surface area contributed by atoms with Gasteiger partial charge in [-0.2, -0.15) is 0 Å². The Bertz CT molecular complexity index is 1560. The summed E-state index contributed by atoms with van der Waals surface area (Å²) in [6.07, 6.45) is 13.5. The van der Waals surface area contributed by atoms with Crippen LogP contribution in [-0.2, 0) is 28.7 Å². The van der Waals surface area contributed by atoms with Crippen molar-refractivity contribution < 1.29 is 48.2 Å². The normalized spacial score (nSPS) is 10.4. The van der Waals surface area contributed by atoms with Crippen molar-refractivity contribution in [2.24, 2.45) is 11.5 Å². The number of carboxylic acids is 1. The van der Waals surface area contributed by atoms with Crippen LogP contribution in [0.15, 0.2) is 24.3 Å². The zero-order chi connectivity index (χ0) is 50.7. The van der Waals surface area contributed by atoms with E-state index in [9.17, 15) is 28.8 Å². The molecule has 19 nitrogen and oxygen atoms in total. The van der Waals surface area contributed by atoms with E-state index in [0.717, 1.165) is 101 Å². The molecule has 0 aliphatic carbocycles. The molecular weight excluding hydrogens is 851 g/mol. The lowest BCUT2D eigenvalue weighted by molar-refractivity contribution is -0.145. The molecule has 1 aromatic carbocycles. The van der Waals surface area contributed by atoms with Gasteiger partial charge in [0.15, 0.2) is 0 Å². The van der Waals surface area contributed by atoms with Crippen LogP contribution in [0.5, 0.6) is 0 Å². The molecule has 2 rings (SSSR count). The molecule has 66 heavy (non-hydrogen) atoms. The average Bonchev–Trinajstić information content (AvgIpc) is 3.62. The minimum atomic E-state index is -0.711.